The Bertz CT molecular complexity index is 549. The number of rotatable bonds is 2. The van der Waals surface area contributed by atoms with Crippen LogP contribution in [0.5, 0.6) is 0 Å². The zero-order valence-electron chi connectivity index (χ0n) is 11.2. The Morgan fingerprint density at radius 1 is 1.50 bits per heavy atom. The van der Waals surface area contributed by atoms with Crippen molar-refractivity contribution < 1.29 is 14.5 Å². The first kappa shape index (κ1) is 14.7. The molecule has 1 amide bonds. The Morgan fingerprint density at radius 3 is 2.85 bits per heavy atom. The van der Waals surface area contributed by atoms with Crippen LogP contribution in [0.3, 0.4) is 0 Å². The van der Waals surface area contributed by atoms with E-state index in [0.29, 0.717) is 13.2 Å². The van der Waals surface area contributed by atoms with Crippen molar-refractivity contribution in [2.75, 3.05) is 13.2 Å². The molecule has 0 aliphatic carbocycles. The van der Waals surface area contributed by atoms with Gasteiger partial charge in [-0.25, -0.2) is 0 Å². The second-order valence-electron chi connectivity index (χ2n) is 4.84. The predicted molar refractivity (Wildman–Crippen MR) is 74.0 cm³/mol. The molecular formula is C13H15ClN2O4. The lowest BCUT2D eigenvalue weighted by atomic mass is 10.1. The van der Waals surface area contributed by atoms with E-state index < -0.39 is 4.92 Å². The highest BCUT2D eigenvalue weighted by molar-refractivity contribution is 6.33. The first-order chi connectivity index (χ1) is 9.41. The first-order valence-electron chi connectivity index (χ1n) is 6.27. The fourth-order valence-electron chi connectivity index (χ4n) is 2.21. The van der Waals surface area contributed by atoms with Crippen LogP contribution in [-0.4, -0.2) is 41.0 Å². The molecule has 2 rings (SSSR count). The van der Waals surface area contributed by atoms with Gasteiger partial charge in [-0.15, -0.1) is 0 Å². The van der Waals surface area contributed by atoms with Gasteiger partial charge in [0, 0.05) is 6.54 Å². The Balaban J connectivity index is 2.38. The molecule has 1 heterocycles. The number of benzene rings is 1. The van der Waals surface area contributed by atoms with Gasteiger partial charge in [0.2, 0.25) is 0 Å². The van der Waals surface area contributed by atoms with Gasteiger partial charge in [-0.1, -0.05) is 17.7 Å². The van der Waals surface area contributed by atoms with Gasteiger partial charge in [-0.3, -0.25) is 14.9 Å². The van der Waals surface area contributed by atoms with Gasteiger partial charge in [-0.2, -0.15) is 0 Å². The van der Waals surface area contributed by atoms with Crippen LogP contribution in [0.25, 0.3) is 0 Å². The minimum Gasteiger partial charge on any atom is -0.375 e. The Labute approximate surface area is 121 Å². The van der Waals surface area contributed by atoms with Gasteiger partial charge in [0.25, 0.3) is 5.91 Å². The standard InChI is InChI=1S/C13H15ClN2O4/c1-8-7-20-9(2)6-15(8)13(17)10-4-3-5-11(14)12(10)16(18)19/h3-5,8-9H,6-7H2,1-2H3. The summed E-state index contributed by atoms with van der Waals surface area (Å²) in [5.74, 6) is -0.387. The van der Waals surface area contributed by atoms with Crippen molar-refractivity contribution in [3.05, 3.63) is 38.9 Å². The summed E-state index contributed by atoms with van der Waals surface area (Å²) in [5.41, 5.74) is -0.325. The molecule has 1 aliphatic rings. The van der Waals surface area contributed by atoms with Gasteiger partial charge in [0.05, 0.1) is 23.7 Å². The molecule has 0 N–H and O–H groups in total. The molecule has 1 saturated heterocycles. The largest absolute Gasteiger partial charge is 0.375 e. The second-order valence-corrected chi connectivity index (χ2v) is 5.25. The smallest absolute Gasteiger partial charge is 0.300 e. The highest BCUT2D eigenvalue weighted by Crippen LogP contribution is 2.30. The van der Waals surface area contributed by atoms with Crippen molar-refractivity contribution in [2.45, 2.75) is 26.0 Å². The molecule has 2 atom stereocenters. The summed E-state index contributed by atoms with van der Waals surface area (Å²) in [7, 11) is 0. The number of halogens is 1. The molecule has 0 aromatic heterocycles. The van der Waals surface area contributed by atoms with E-state index in [9.17, 15) is 14.9 Å². The van der Waals surface area contributed by atoms with Crippen molar-refractivity contribution in [1.29, 1.82) is 0 Å². The van der Waals surface area contributed by atoms with Gasteiger partial charge in [-0.05, 0) is 26.0 Å². The third-order valence-electron chi connectivity index (χ3n) is 3.27. The number of carbonyl (C=O) groups excluding carboxylic acids is 1. The summed E-state index contributed by atoms with van der Waals surface area (Å²) >= 11 is 5.84. The molecule has 1 fully saturated rings. The third-order valence-corrected chi connectivity index (χ3v) is 3.57. The van der Waals surface area contributed by atoms with Gasteiger partial charge < -0.3 is 9.64 Å². The molecule has 0 bridgehead atoms. The van der Waals surface area contributed by atoms with Crippen molar-refractivity contribution in [2.24, 2.45) is 0 Å². The number of morpholine rings is 1. The Morgan fingerprint density at radius 2 is 2.20 bits per heavy atom. The minimum atomic E-state index is -0.621. The number of ether oxygens (including phenoxy) is 1. The number of amides is 1. The maximum absolute atomic E-state index is 12.5. The SMILES string of the molecule is CC1CN(C(=O)c2cccc(Cl)c2[N+](=O)[O-])C(C)CO1. The minimum absolute atomic E-state index is 0.0171. The zero-order chi connectivity index (χ0) is 14.9. The van der Waals surface area contributed by atoms with Crippen LogP contribution >= 0.6 is 11.6 Å². The van der Waals surface area contributed by atoms with Gasteiger partial charge in [0.15, 0.2) is 0 Å². The number of hydrogen-bond acceptors (Lipinski definition) is 4. The maximum atomic E-state index is 12.5. The normalized spacial score (nSPS) is 22.6. The molecule has 0 saturated carbocycles. The molecule has 108 valence electrons. The lowest BCUT2D eigenvalue weighted by Crippen LogP contribution is -2.50. The summed E-state index contributed by atoms with van der Waals surface area (Å²) < 4.78 is 5.45. The molecule has 1 aromatic rings. The van der Waals surface area contributed by atoms with Gasteiger partial charge >= 0.3 is 5.69 Å². The quantitative estimate of drug-likeness (QED) is 0.621. The average molecular weight is 299 g/mol. The molecule has 1 aliphatic heterocycles. The van der Waals surface area contributed by atoms with Crippen molar-refractivity contribution in [1.82, 2.24) is 4.90 Å². The topological polar surface area (TPSA) is 72.7 Å². The molecule has 0 radical (unpaired) electrons. The zero-order valence-corrected chi connectivity index (χ0v) is 12.0. The van der Waals surface area contributed by atoms with Crippen LogP contribution in [0.1, 0.15) is 24.2 Å². The number of nitro groups is 1. The Kier molecular flexibility index (Phi) is 4.25. The van der Waals surface area contributed by atoms with E-state index in [4.69, 9.17) is 16.3 Å². The fourth-order valence-corrected chi connectivity index (χ4v) is 2.46. The second kappa shape index (κ2) is 5.76. The average Bonchev–Trinajstić information content (AvgIpc) is 2.40. The van der Waals surface area contributed by atoms with Crippen LogP contribution in [0.2, 0.25) is 5.02 Å². The summed E-state index contributed by atoms with van der Waals surface area (Å²) in [5, 5.41) is 11.1. The summed E-state index contributed by atoms with van der Waals surface area (Å²) in [6.45, 7) is 4.53. The molecule has 7 heteroatoms. The highest BCUT2D eigenvalue weighted by atomic mass is 35.5. The molecular weight excluding hydrogens is 284 g/mol. The molecule has 6 nitrogen and oxygen atoms in total. The van der Waals surface area contributed by atoms with Crippen LogP contribution in [0.15, 0.2) is 18.2 Å². The molecule has 0 spiro atoms. The summed E-state index contributed by atoms with van der Waals surface area (Å²) in [4.78, 5) is 24.6. The van der Waals surface area contributed by atoms with Gasteiger partial charge in [0.1, 0.15) is 10.6 Å². The van der Waals surface area contributed by atoms with E-state index in [2.05, 4.69) is 0 Å². The van der Waals surface area contributed by atoms with Crippen molar-refractivity contribution >= 4 is 23.2 Å². The molecule has 2 unspecified atom stereocenters. The summed E-state index contributed by atoms with van der Waals surface area (Å²) in [6, 6.07) is 4.25. The lowest BCUT2D eigenvalue weighted by molar-refractivity contribution is -0.385. The highest BCUT2D eigenvalue weighted by Gasteiger charge is 2.32. The van der Waals surface area contributed by atoms with E-state index in [-0.39, 0.29) is 34.3 Å². The number of nitrogens with zero attached hydrogens (tertiary/aromatic N) is 2. The monoisotopic (exact) mass is 298 g/mol. The van der Waals surface area contributed by atoms with E-state index >= 15 is 0 Å². The van der Waals surface area contributed by atoms with Crippen LogP contribution < -0.4 is 0 Å². The van der Waals surface area contributed by atoms with Crippen molar-refractivity contribution in [3.8, 4) is 0 Å². The van der Waals surface area contributed by atoms with E-state index in [1.165, 1.54) is 18.2 Å². The molecule has 20 heavy (non-hydrogen) atoms. The van der Waals surface area contributed by atoms with Crippen molar-refractivity contribution in [3.63, 3.8) is 0 Å². The number of nitro benzene ring substituents is 1. The Hall–Kier alpha value is -1.66. The van der Waals surface area contributed by atoms with Crippen LogP contribution in [0, 0.1) is 10.1 Å². The number of carbonyl (C=O) groups is 1. The van der Waals surface area contributed by atoms with E-state index in [0.717, 1.165) is 0 Å². The predicted octanol–water partition coefficient (Wildman–Crippen LogP) is 2.50. The van der Waals surface area contributed by atoms with E-state index in [1.807, 2.05) is 13.8 Å². The maximum Gasteiger partial charge on any atom is 0.300 e. The first-order valence-corrected chi connectivity index (χ1v) is 6.65. The molecule has 1 aromatic carbocycles. The summed E-state index contributed by atoms with van der Waals surface area (Å²) in [6.07, 6.45) is -0.0895. The van der Waals surface area contributed by atoms with Crippen LogP contribution in [-0.2, 0) is 4.74 Å². The van der Waals surface area contributed by atoms with E-state index in [1.54, 1.807) is 4.90 Å². The third kappa shape index (κ3) is 2.76. The van der Waals surface area contributed by atoms with Crippen LogP contribution in [0.4, 0.5) is 5.69 Å². The lowest BCUT2D eigenvalue weighted by Gasteiger charge is -2.36. The number of para-hydroxylation sites is 1. The number of hydrogen-bond donors (Lipinski definition) is 0. The fraction of sp³-hybridized carbons (Fsp3) is 0.462.